The van der Waals surface area contributed by atoms with Crippen molar-refractivity contribution in [2.75, 3.05) is 12.3 Å². The molecule has 0 aromatic carbocycles. The summed E-state index contributed by atoms with van der Waals surface area (Å²) in [5.41, 5.74) is 5.29. The van der Waals surface area contributed by atoms with Gasteiger partial charge in [-0.25, -0.2) is 14.5 Å². The van der Waals surface area contributed by atoms with Gasteiger partial charge in [0.2, 0.25) is 11.9 Å². The number of hydrogen-bond donors (Lipinski definition) is 2. The van der Waals surface area contributed by atoms with Crippen LogP contribution in [0.3, 0.4) is 0 Å². The van der Waals surface area contributed by atoms with E-state index in [9.17, 15) is 9.59 Å². The zero-order chi connectivity index (χ0) is 12.8. The Morgan fingerprint density at radius 2 is 2.35 bits per heavy atom. The number of carbonyl (C=O) groups excluding carboxylic acids is 2. The minimum absolute atomic E-state index is 0.0477. The second-order valence-electron chi connectivity index (χ2n) is 3.34. The standard InChI is InChI=1S/C9H15N5O3/c1-3-17-8(16)6(2)12-7(15)4-14-5-11-9(10)13-14/h5-6H,3-4H2,1-2H3,(H2,10,13)(H,12,15). The maximum atomic E-state index is 11.5. The summed E-state index contributed by atoms with van der Waals surface area (Å²) >= 11 is 0. The highest BCUT2D eigenvalue weighted by Crippen LogP contribution is 1.91. The molecule has 0 saturated heterocycles. The number of hydrogen-bond acceptors (Lipinski definition) is 6. The third kappa shape index (κ3) is 4.09. The van der Waals surface area contributed by atoms with Crippen molar-refractivity contribution in [2.24, 2.45) is 0 Å². The summed E-state index contributed by atoms with van der Waals surface area (Å²) in [5, 5.41) is 6.22. The highest BCUT2D eigenvalue weighted by Gasteiger charge is 2.16. The molecule has 0 aliphatic rings. The first-order valence-corrected chi connectivity index (χ1v) is 5.13. The van der Waals surface area contributed by atoms with Gasteiger partial charge in [-0.05, 0) is 13.8 Å². The molecule has 1 aromatic rings. The van der Waals surface area contributed by atoms with Crippen molar-refractivity contribution in [3.05, 3.63) is 6.33 Å². The normalized spacial score (nSPS) is 11.9. The summed E-state index contributed by atoms with van der Waals surface area (Å²) in [5.74, 6) is -0.745. The van der Waals surface area contributed by atoms with Crippen LogP contribution in [0.4, 0.5) is 5.95 Å². The minimum Gasteiger partial charge on any atom is -0.464 e. The van der Waals surface area contributed by atoms with Crippen LogP contribution in [0.1, 0.15) is 13.8 Å². The predicted molar refractivity (Wildman–Crippen MR) is 58.7 cm³/mol. The summed E-state index contributed by atoms with van der Waals surface area (Å²) in [7, 11) is 0. The number of nitrogen functional groups attached to an aromatic ring is 1. The fourth-order valence-corrected chi connectivity index (χ4v) is 1.15. The Bertz CT molecular complexity index is 403. The molecule has 0 aliphatic carbocycles. The van der Waals surface area contributed by atoms with E-state index in [1.54, 1.807) is 13.8 Å². The Morgan fingerprint density at radius 3 is 2.88 bits per heavy atom. The van der Waals surface area contributed by atoms with Crippen molar-refractivity contribution in [3.63, 3.8) is 0 Å². The van der Waals surface area contributed by atoms with Gasteiger partial charge in [0.25, 0.3) is 0 Å². The highest BCUT2D eigenvalue weighted by atomic mass is 16.5. The summed E-state index contributed by atoms with van der Waals surface area (Å²) in [6.45, 7) is 3.48. The van der Waals surface area contributed by atoms with E-state index >= 15 is 0 Å². The van der Waals surface area contributed by atoms with Crippen molar-refractivity contribution in [2.45, 2.75) is 26.4 Å². The number of rotatable bonds is 5. The number of nitrogens with two attached hydrogens (primary N) is 1. The molecule has 3 N–H and O–H groups in total. The van der Waals surface area contributed by atoms with Crippen LogP contribution in [0.2, 0.25) is 0 Å². The van der Waals surface area contributed by atoms with Gasteiger partial charge in [0.05, 0.1) is 6.61 Å². The van der Waals surface area contributed by atoms with Crippen LogP contribution >= 0.6 is 0 Å². The van der Waals surface area contributed by atoms with Crippen LogP contribution in [-0.2, 0) is 20.9 Å². The predicted octanol–water partition coefficient (Wildman–Crippen LogP) is -1.07. The molecule has 0 fully saturated rings. The van der Waals surface area contributed by atoms with Crippen molar-refractivity contribution in [1.82, 2.24) is 20.1 Å². The first-order chi connectivity index (χ1) is 8.02. The van der Waals surface area contributed by atoms with E-state index in [0.29, 0.717) is 0 Å². The number of anilines is 1. The lowest BCUT2D eigenvalue weighted by atomic mass is 10.3. The monoisotopic (exact) mass is 241 g/mol. The van der Waals surface area contributed by atoms with Crippen LogP contribution in [0.25, 0.3) is 0 Å². The molecular formula is C9H15N5O3. The van der Waals surface area contributed by atoms with Gasteiger partial charge in [-0.2, -0.15) is 0 Å². The average Bonchev–Trinajstić information content (AvgIpc) is 2.64. The lowest BCUT2D eigenvalue weighted by Crippen LogP contribution is -2.41. The maximum Gasteiger partial charge on any atom is 0.328 e. The molecule has 8 nitrogen and oxygen atoms in total. The molecule has 1 aromatic heterocycles. The number of nitrogens with zero attached hydrogens (tertiary/aromatic N) is 3. The van der Waals surface area contributed by atoms with E-state index in [-0.39, 0.29) is 25.0 Å². The fraction of sp³-hybridized carbons (Fsp3) is 0.556. The van der Waals surface area contributed by atoms with Crippen LogP contribution < -0.4 is 11.1 Å². The third-order valence-corrected chi connectivity index (χ3v) is 1.88. The Morgan fingerprint density at radius 1 is 1.65 bits per heavy atom. The van der Waals surface area contributed by atoms with E-state index in [1.165, 1.54) is 11.0 Å². The second kappa shape index (κ2) is 5.83. The van der Waals surface area contributed by atoms with Gasteiger partial charge in [0.1, 0.15) is 18.9 Å². The van der Waals surface area contributed by atoms with Crippen LogP contribution in [0.15, 0.2) is 6.33 Å². The number of ether oxygens (including phenoxy) is 1. The van der Waals surface area contributed by atoms with E-state index < -0.39 is 12.0 Å². The third-order valence-electron chi connectivity index (χ3n) is 1.88. The lowest BCUT2D eigenvalue weighted by molar-refractivity contribution is -0.146. The van der Waals surface area contributed by atoms with Crippen LogP contribution in [0.5, 0.6) is 0 Å². The smallest absolute Gasteiger partial charge is 0.328 e. The van der Waals surface area contributed by atoms with Crippen LogP contribution in [0, 0.1) is 0 Å². The molecule has 1 amide bonds. The molecule has 1 heterocycles. The van der Waals surface area contributed by atoms with Gasteiger partial charge in [-0.1, -0.05) is 0 Å². The van der Waals surface area contributed by atoms with Gasteiger partial charge in [0, 0.05) is 0 Å². The fourth-order valence-electron chi connectivity index (χ4n) is 1.15. The molecule has 0 radical (unpaired) electrons. The topological polar surface area (TPSA) is 112 Å². The molecule has 8 heteroatoms. The van der Waals surface area contributed by atoms with Gasteiger partial charge < -0.3 is 15.8 Å². The number of nitrogens with one attached hydrogen (secondary N) is 1. The van der Waals surface area contributed by atoms with Crippen molar-refractivity contribution in [1.29, 1.82) is 0 Å². The largest absolute Gasteiger partial charge is 0.464 e. The zero-order valence-electron chi connectivity index (χ0n) is 9.71. The minimum atomic E-state index is -0.691. The summed E-state index contributed by atoms with van der Waals surface area (Å²) < 4.78 is 6.03. The van der Waals surface area contributed by atoms with Crippen LogP contribution in [-0.4, -0.2) is 39.3 Å². The van der Waals surface area contributed by atoms with Gasteiger partial charge in [0.15, 0.2) is 0 Å². The molecule has 1 atom stereocenters. The molecule has 0 aliphatic heterocycles. The zero-order valence-corrected chi connectivity index (χ0v) is 9.71. The first kappa shape index (κ1) is 12.9. The molecule has 1 unspecified atom stereocenters. The second-order valence-corrected chi connectivity index (χ2v) is 3.34. The molecule has 0 spiro atoms. The molecule has 0 saturated carbocycles. The first-order valence-electron chi connectivity index (χ1n) is 5.13. The summed E-state index contributed by atoms with van der Waals surface area (Å²) in [4.78, 5) is 26.4. The Balaban J connectivity index is 2.41. The molecule has 1 rings (SSSR count). The quantitative estimate of drug-likeness (QED) is 0.635. The van der Waals surface area contributed by atoms with Crippen molar-refractivity contribution >= 4 is 17.8 Å². The van der Waals surface area contributed by atoms with E-state index in [0.717, 1.165) is 0 Å². The SMILES string of the molecule is CCOC(=O)C(C)NC(=O)Cn1cnc(N)n1. The lowest BCUT2D eigenvalue weighted by Gasteiger charge is -2.12. The maximum absolute atomic E-state index is 11.5. The van der Waals surface area contributed by atoms with E-state index in [4.69, 9.17) is 10.5 Å². The van der Waals surface area contributed by atoms with Crippen molar-refractivity contribution in [3.8, 4) is 0 Å². The Hall–Kier alpha value is -2.12. The average molecular weight is 241 g/mol. The molecule has 0 bridgehead atoms. The van der Waals surface area contributed by atoms with Gasteiger partial charge in [-0.3, -0.25) is 4.79 Å². The highest BCUT2D eigenvalue weighted by molar-refractivity contribution is 5.83. The number of aromatic nitrogens is 3. The van der Waals surface area contributed by atoms with Gasteiger partial charge >= 0.3 is 5.97 Å². The summed E-state index contributed by atoms with van der Waals surface area (Å²) in [6.07, 6.45) is 1.34. The van der Waals surface area contributed by atoms with Gasteiger partial charge in [-0.15, -0.1) is 5.10 Å². The molecule has 17 heavy (non-hydrogen) atoms. The summed E-state index contributed by atoms with van der Waals surface area (Å²) in [6, 6.07) is -0.691. The number of carbonyl (C=O) groups is 2. The Kier molecular flexibility index (Phi) is 4.44. The number of esters is 1. The molecular weight excluding hydrogens is 226 g/mol. The van der Waals surface area contributed by atoms with Crippen molar-refractivity contribution < 1.29 is 14.3 Å². The molecule has 94 valence electrons. The van der Waals surface area contributed by atoms with E-state index in [2.05, 4.69) is 15.4 Å². The van der Waals surface area contributed by atoms with E-state index in [1.807, 2.05) is 0 Å². The number of amides is 1. The Labute approximate surface area is 98.1 Å².